The summed E-state index contributed by atoms with van der Waals surface area (Å²) in [4.78, 5) is 0. The zero-order chi connectivity index (χ0) is 13.9. The Balaban J connectivity index is 0. The van der Waals surface area contributed by atoms with Gasteiger partial charge >= 0.3 is 0 Å². The number of rotatable bonds is 12. The van der Waals surface area contributed by atoms with Crippen molar-refractivity contribution < 1.29 is 0 Å². The maximum atomic E-state index is 2.29. The van der Waals surface area contributed by atoms with Crippen LogP contribution >= 0.6 is 0 Å². The van der Waals surface area contributed by atoms with Crippen LogP contribution in [0.2, 0.25) is 0 Å². The lowest BCUT2D eigenvalue weighted by Gasteiger charge is -2.01. The van der Waals surface area contributed by atoms with Crippen LogP contribution in [0.4, 0.5) is 0 Å². The quantitative estimate of drug-likeness (QED) is 0.317. The summed E-state index contributed by atoms with van der Waals surface area (Å²) in [5.74, 6) is 0. The molecule has 0 aliphatic carbocycles. The standard InChI is InChI=1S/C14H30.C4H10/c1-3-5-7-9-11-13-14-12-10-8-6-4-2;1-3-4-2/h3-14H2,1-2H3;3-4H2,1-2H3. The molecule has 112 valence electrons. The van der Waals surface area contributed by atoms with Crippen molar-refractivity contribution in [1.29, 1.82) is 0 Å². The maximum absolute atomic E-state index is 2.29. The van der Waals surface area contributed by atoms with Crippen molar-refractivity contribution in [2.24, 2.45) is 0 Å². The van der Waals surface area contributed by atoms with Crippen LogP contribution in [-0.2, 0) is 0 Å². The minimum atomic E-state index is 1.32. The van der Waals surface area contributed by atoms with Crippen LogP contribution in [0.5, 0.6) is 0 Å². The molecule has 0 aromatic carbocycles. The lowest BCUT2D eigenvalue weighted by molar-refractivity contribution is 0.548. The summed E-state index contributed by atoms with van der Waals surface area (Å²) in [6, 6.07) is 0. The van der Waals surface area contributed by atoms with E-state index >= 15 is 0 Å². The average Bonchev–Trinajstić information content (AvgIpc) is 2.41. The Morgan fingerprint density at radius 1 is 0.278 bits per heavy atom. The van der Waals surface area contributed by atoms with Gasteiger partial charge in [-0.15, -0.1) is 0 Å². The van der Waals surface area contributed by atoms with Crippen LogP contribution in [0.25, 0.3) is 0 Å². The highest BCUT2D eigenvalue weighted by Gasteiger charge is 1.91. The van der Waals surface area contributed by atoms with Crippen molar-refractivity contribution in [3.63, 3.8) is 0 Å². The summed E-state index contributed by atoms with van der Waals surface area (Å²) in [5, 5.41) is 0. The van der Waals surface area contributed by atoms with Gasteiger partial charge in [0, 0.05) is 0 Å². The predicted octanol–water partition coefficient (Wildman–Crippen LogP) is 7.51. The van der Waals surface area contributed by atoms with Gasteiger partial charge in [-0.05, 0) is 0 Å². The Morgan fingerprint density at radius 2 is 0.500 bits per heavy atom. The number of unbranched alkanes of at least 4 members (excludes halogenated alkanes) is 12. The molecule has 18 heavy (non-hydrogen) atoms. The van der Waals surface area contributed by atoms with Gasteiger partial charge in [-0.1, -0.05) is 118 Å². The summed E-state index contributed by atoms with van der Waals surface area (Å²) in [7, 11) is 0. The first kappa shape index (κ1) is 20.3. The molecule has 0 bridgehead atoms. The number of hydrogen-bond donors (Lipinski definition) is 0. The first-order valence-corrected chi connectivity index (χ1v) is 8.83. The zero-order valence-electron chi connectivity index (χ0n) is 13.9. The molecule has 0 atom stereocenters. The molecule has 0 saturated carbocycles. The van der Waals surface area contributed by atoms with Gasteiger partial charge in [-0.25, -0.2) is 0 Å². The van der Waals surface area contributed by atoms with E-state index in [0.29, 0.717) is 0 Å². The topological polar surface area (TPSA) is 0 Å². The molecule has 0 fully saturated rings. The molecule has 0 nitrogen and oxygen atoms in total. The van der Waals surface area contributed by atoms with Crippen LogP contribution < -0.4 is 0 Å². The van der Waals surface area contributed by atoms with Crippen LogP contribution in [0.3, 0.4) is 0 Å². The summed E-state index contributed by atoms with van der Waals surface area (Å²) in [6.45, 7) is 8.93. The molecular weight excluding hydrogens is 216 g/mol. The van der Waals surface area contributed by atoms with E-state index < -0.39 is 0 Å². The van der Waals surface area contributed by atoms with Gasteiger partial charge in [0.15, 0.2) is 0 Å². The highest BCUT2D eigenvalue weighted by molar-refractivity contribution is 4.47. The first-order chi connectivity index (χ1) is 8.83. The van der Waals surface area contributed by atoms with E-state index in [2.05, 4.69) is 27.7 Å². The normalized spacial score (nSPS) is 10.0. The highest BCUT2D eigenvalue weighted by Crippen LogP contribution is 2.11. The van der Waals surface area contributed by atoms with Crippen molar-refractivity contribution in [2.75, 3.05) is 0 Å². The fourth-order valence-corrected chi connectivity index (χ4v) is 1.91. The van der Waals surface area contributed by atoms with Gasteiger partial charge < -0.3 is 0 Å². The third kappa shape index (κ3) is 25.0. The van der Waals surface area contributed by atoms with E-state index in [-0.39, 0.29) is 0 Å². The summed E-state index contributed by atoms with van der Waals surface area (Å²) >= 11 is 0. The summed E-state index contributed by atoms with van der Waals surface area (Å²) in [5.41, 5.74) is 0. The van der Waals surface area contributed by atoms with Gasteiger partial charge in [-0.2, -0.15) is 0 Å². The predicted molar refractivity (Wildman–Crippen MR) is 87.3 cm³/mol. The molecule has 0 aromatic rings. The Kier molecular flexibility index (Phi) is 25.1. The zero-order valence-corrected chi connectivity index (χ0v) is 13.9. The lowest BCUT2D eigenvalue weighted by atomic mass is 10.1. The van der Waals surface area contributed by atoms with Crippen LogP contribution in [0, 0.1) is 0 Å². The van der Waals surface area contributed by atoms with Gasteiger partial charge in [-0.3, -0.25) is 0 Å². The van der Waals surface area contributed by atoms with Crippen molar-refractivity contribution in [3.8, 4) is 0 Å². The van der Waals surface area contributed by atoms with Gasteiger partial charge in [0.25, 0.3) is 0 Å². The summed E-state index contributed by atoms with van der Waals surface area (Å²) < 4.78 is 0. The monoisotopic (exact) mass is 256 g/mol. The Bertz CT molecular complexity index is 92.6. The second-order valence-corrected chi connectivity index (χ2v) is 5.54. The van der Waals surface area contributed by atoms with Crippen LogP contribution in [0.1, 0.15) is 118 Å². The molecule has 0 heterocycles. The van der Waals surface area contributed by atoms with Crippen molar-refractivity contribution in [1.82, 2.24) is 0 Å². The number of hydrogen-bond acceptors (Lipinski definition) is 0. The fraction of sp³-hybridized carbons (Fsp3) is 1.00. The molecule has 0 amide bonds. The molecule has 0 aliphatic rings. The molecule has 0 aliphatic heterocycles. The third-order valence-corrected chi connectivity index (χ3v) is 3.46. The second-order valence-electron chi connectivity index (χ2n) is 5.54. The molecule has 0 heteroatoms. The molecule has 0 unspecified atom stereocenters. The summed E-state index contributed by atoms with van der Waals surface area (Å²) in [6.07, 6.45) is 20.1. The van der Waals surface area contributed by atoms with E-state index in [1.54, 1.807) is 0 Å². The Labute approximate surface area is 118 Å². The van der Waals surface area contributed by atoms with Gasteiger partial charge in [0.1, 0.15) is 0 Å². The van der Waals surface area contributed by atoms with Crippen molar-refractivity contribution in [3.05, 3.63) is 0 Å². The van der Waals surface area contributed by atoms with E-state index in [1.165, 1.54) is 89.9 Å². The van der Waals surface area contributed by atoms with E-state index in [9.17, 15) is 0 Å². The van der Waals surface area contributed by atoms with Crippen LogP contribution in [-0.4, -0.2) is 0 Å². The van der Waals surface area contributed by atoms with Crippen molar-refractivity contribution >= 4 is 0 Å². The third-order valence-electron chi connectivity index (χ3n) is 3.46. The molecule has 0 N–H and O–H groups in total. The van der Waals surface area contributed by atoms with E-state index in [1.807, 2.05) is 0 Å². The van der Waals surface area contributed by atoms with Crippen LogP contribution in [0.15, 0.2) is 0 Å². The second kappa shape index (κ2) is 22.2. The Hall–Kier alpha value is 0. The minimum absolute atomic E-state index is 1.32. The molecule has 0 aromatic heterocycles. The smallest absolute Gasteiger partial charge is 0.0533 e. The Morgan fingerprint density at radius 3 is 0.667 bits per heavy atom. The lowest BCUT2D eigenvalue weighted by Crippen LogP contribution is -1.81. The first-order valence-electron chi connectivity index (χ1n) is 8.83. The minimum Gasteiger partial charge on any atom is -0.0654 e. The largest absolute Gasteiger partial charge is 0.0654 e. The van der Waals surface area contributed by atoms with E-state index in [4.69, 9.17) is 0 Å². The molecule has 0 rings (SSSR count). The van der Waals surface area contributed by atoms with E-state index in [0.717, 1.165) is 0 Å². The SMILES string of the molecule is CCCC.CCCCCCCCCCCCCC. The molecule has 0 radical (unpaired) electrons. The van der Waals surface area contributed by atoms with Gasteiger partial charge in [0.2, 0.25) is 0 Å². The molecular formula is C18H40. The fourth-order valence-electron chi connectivity index (χ4n) is 1.91. The highest BCUT2D eigenvalue weighted by atomic mass is 14.0. The average molecular weight is 257 g/mol. The van der Waals surface area contributed by atoms with Crippen molar-refractivity contribution in [2.45, 2.75) is 118 Å². The maximum Gasteiger partial charge on any atom is -0.0533 e. The van der Waals surface area contributed by atoms with Gasteiger partial charge in [0.05, 0.1) is 0 Å². The molecule has 0 spiro atoms. The molecule has 0 saturated heterocycles.